The zero-order valence-electron chi connectivity index (χ0n) is 20.1. The lowest BCUT2D eigenvalue weighted by Crippen LogP contribution is -2.47. The van der Waals surface area contributed by atoms with E-state index in [4.69, 9.17) is 16.7 Å². The van der Waals surface area contributed by atoms with Crippen molar-refractivity contribution in [1.82, 2.24) is 14.9 Å². The summed E-state index contributed by atoms with van der Waals surface area (Å²) >= 11 is 5.64. The number of hydrogen-bond acceptors (Lipinski definition) is 9. The van der Waals surface area contributed by atoms with E-state index >= 15 is 0 Å². The van der Waals surface area contributed by atoms with Gasteiger partial charge in [-0.15, -0.1) is 0 Å². The molecule has 3 aromatic rings. The topological polar surface area (TPSA) is 111 Å². The first-order valence-electron chi connectivity index (χ1n) is 11.5. The Morgan fingerprint density at radius 2 is 1.86 bits per heavy atom. The van der Waals surface area contributed by atoms with E-state index < -0.39 is 26.5 Å². The van der Waals surface area contributed by atoms with Crippen molar-refractivity contribution in [2.24, 2.45) is 0 Å². The standard InChI is InChI=1S/C24H27ClF2N6O3S/c1-37(35,36)19-13-17(12-18(14-19)33-8-6-32(7-9-33)10-11-34)30-24-28-5-4-21(31-24)29-15-16-2-3-20(26)22(25)23(16)27/h2-5,12-14,34H,6-11,15H2,1H3,(H2,28,29,30,31). The fraction of sp³-hybridized carbons (Fsp3) is 0.333. The minimum absolute atomic E-state index is 0.0122. The second-order valence-electron chi connectivity index (χ2n) is 8.62. The summed E-state index contributed by atoms with van der Waals surface area (Å²) < 4.78 is 52.3. The van der Waals surface area contributed by atoms with Gasteiger partial charge in [0.05, 0.1) is 11.5 Å². The molecule has 0 bridgehead atoms. The van der Waals surface area contributed by atoms with Crippen LogP contribution < -0.4 is 15.5 Å². The summed E-state index contributed by atoms with van der Waals surface area (Å²) in [5.41, 5.74) is 1.40. The van der Waals surface area contributed by atoms with E-state index in [-0.39, 0.29) is 29.6 Å². The maximum atomic E-state index is 14.2. The monoisotopic (exact) mass is 552 g/mol. The molecule has 2 aromatic carbocycles. The molecular weight excluding hydrogens is 526 g/mol. The van der Waals surface area contributed by atoms with Gasteiger partial charge in [0.1, 0.15) is 22.5 Å². The van der Waals surface area contributed by atoms with Gasteiger partial charge in [-0.05, 0) is 30.3 Å². The number of nitrogens with one attached hydrogen (secondary N) is 2. The molecule has 4 rings (SSSR count). The molecule has 9 nitrogen and oxygen atoms in total. The van der Waals surface area contributed by atoms with Crippen LogP contribution in [0.2, 0.25) is 5.02 Å². The van der Waals surface area contributed by atoms with E-state index in [9.17, 15) is 17.2 Å². The van der Waals surface area contributed by atoms with Crippen LogP contribution in [0.3, 0.4) is 0 Å². The van der Waals surface area contributed by atoms with E-state index in [1.54, 1.807) is 12.1 Å². The van der Waals surface area contributed by atoms with Crippen molar-refractivity contribution in [3.8, 4) is 0 Å². The first kappa shape index (κ1) is 27.0. The lowest BCUT2D eigenvalue weighted by atomic mass is 10.2. The van der Waals surface area contributed by atoms with Crippen molar-refractivity contribution >= 4 is 44.6 Å². The van der Waals surface area contributed by atoms with Crippen molar-refractivity contribution in [1.29, 1.82) is 0 Å². The zero-order chi connectivity index (χ0) is 26.6. The van der Waals surface area contributed by atoms with Crippen LogP contribution in [0.5, 0.6) is 0 Å². The fourth-order valence-electron chi connectivity index (χ4n) is 3.96. The number of β-amino-alcohol motifs (C(OH)–C–C–N with tert-alkyl or cyclic N) is 1. The second-order valence-corrected chi connectivity index (χ2v) is 11.0. The third kappa shape index (κ3) is 6.83. The number of halogens is 3. The van der Waals surface area contributed by atoms with Crippen molar-refractivity contribution in [3.05, 3.63) is 64.8 Å². The van der Waals surface area contributed by atoms with Crippen molar-refractivity contribution in [2.45, 2.75) is 11.4 Å². The highest BCUT2D eigenvalue weighted by Crippen LogP contribution is 2.28. The molecule has 13 heteroatoms. The van der Waals surface area contributed by atoms with E-state index in [1.165, 1.54) is 18.3 Å². The first-order chi connectivity index (χ1) is 17.6. The number of aromatic nitrogens is 2. The van der Waals surface area contributed by atoms with E-state index in [0.717, 1.165) is 31.1 Å². The quantitative estimate of drug-likeness (QED) is 0.344. The summed E-state index contributed by atoms with van der Waals surface area (Å²) in [6.07, 6.45) is 2.64. The summed E-state index contributed by atoms with van der Waals surface area (Å²) in [5.74, 6) is -1.10. The van der Waals surface area contributed by atoms with Gasteiger partial charge in [0.15, 0.2) is 9.84 Å². The number of aliphatic hydroxyl groups is 1. The molecule has 1 fully saturated rings. The maximum Gasteiger partial charge on any atom is 0.229 e. The molecule has 2 heterocycles. The molecule has 198 valence electrons. The number of anilines is 4. The van der Waals surface area contributed by atoms with Gasteiger partial charge >= 0.3 is 0 Å². The van der Waals surface area contributed by atoms with Crippen LogP contribution in [0.1, 0.15) is 5.56 Å². The predicted octanol–water partition coefficient (Wildman–Crippen LogP) is 3.28. The molecular formula is C24H27ClF2N6O3S. The van der Waals surface area contributed by atoms with Gasteiger partial charge in [0.2, 0.25) is 5.95 Å². The molecule has 0 aliphatic carbocycles. The van der Waals surface area contributed by atoms with Crippen LogP contribution in [-0.2, 0) is 16.4 Å². The number of sulfone groups is 1. The highest BCUT2D eigenvalue weighted by atomic mass is 35.5. The number of aliphatic hydroxyl groups excluding tert-OH is 1. The van der Waals surface area contributed by atoms with Crippen LogP contribution in [0.25, 0.3) is 0 Å². The van der Waals surface area contributed by atoms with Crippen LogP contribution in [-0.4, -0.2) is 74.0 Å². The van der Waals surface area contributed by atoms with Gasteiger partial charge in [-0.3, -0.25) is 4.90 Å². The average molecular weight is 553 g/mol. The molecule has 0 unspecified atom stereocenters. The van der Waals surface area contributed by atoms with Crippen LogP contribution in [0, 0.1) is 11.6 Å². The normalized spacial score (nSPS) is 14.6. The third-order valence-corrected chi connectivity index (χ3v) is 7.40. The van der Waals surface area contributed by atoms with Crippen LogP contribution in [0.4, 0.5) is 31.9 Å². The average Bonchev–Trinajstić information content (AvgIpc) is 2.87. The minimum Gasteiger partial charge on any atom is -0.395 e. The SMILES string of the molecule is CS(=O)(=O)c1cc(Nc2nccc(NCc3ccc(F)c(Cl)c3F)n2)cc(N2CCN(CCO)CC2)c1. The Hall–Kier alpha value is -3.06. The number of piperazine rings is 1. The zero-order valence-corrected chi connectivity index (χ0v) is 21.7. The molecule has 0 radical (unpaired) electrons. The number of nitrogens with zero attached hydrogens (tertiary/aromatic N) is 4. The summed E-state index contributed by atoms with van der Waals surface area (Å²) in [6, 6.07) is 8.96. The van der Waals surface area contributed by atoms with Crippen molar-refractivity contribution < 1.29 is 22.3 Å². The molecule has 0 atom stereocenters. The van der Waals surface area contributed by atoms with Gasteiger partial charge in [0.25, 0.3) is 0 Å². The Labute approximate surface area is 219 Å². The van der Waals surface area contributed by atoms with Gasteiger partial charge in [0, 0.05) is 68.7 Å². The molecule has 37 heavy (non-hydrogen) atoms. The molecule has 3 N–H and O–H groups in total. The predicted molar refractivity (Wildman–Crippen MR) is 139 cm³/mol. The summed E-state index contributed by atoms with van der Waals surface area (Å²) in [5, 5.41) is 14.6. The largest absolute Gasteiger partial charge is 0.395 e. The molecule has 1 aliphatic rings. The smallest absolute Gasteiger partial charge is 0.229 e. The fourth-order valence-corrected chi connectivity index (χ4v) is 4.82. The van der Waals surface area contributed by atoms with Gasteiger partial charge in [-0.25, -0.2) is 22.2 Å². The van der Waals surface area contributed by atoms with Crippen LogP contribution in [0.15, 0.2) is 47.5 Å². The molecule has 0 amide bonds. The molecule has 1 saturated heterocycles. The van der Waals surface area contributed by atoms with Crippen molar-refractivity contribution in [2.75, 3.05) is 61.1 Å². The lowest BCUT2D eigenvalue weighted by Gasteiger charge is -2.36. The Morgan fingerprint density at radius 1 is 1.11 bits per heavy atom. The van der Waals surface area contributed by atoms with Crippen molar-refractivity contribution in [3.63, 3.8) is 0 Å². The molecule has 1 aliphatic heterocycles. The number of rotatable bonds is 9. The summed E-state index contributed by atoms with van der Waals surface area (Å²) in [6.45, 7) is 3.59. The number of hydrogen-bond donors (Lipinski definition) is 3. The Kier molecular flexibility index (Phi) is 8.42. The highest BCUT2D eigenvalue weighted by molar-refractivity contribution is 7.90. The Balaban J connectivity index is 1.52. The van der Waals surface area contributed by atoms with Crippen LogP contribution >= 0.6 is 11.6 Å². The highest BCUT2D eigenvalue weighted by Gasteiger charge is 2.20. The lowest BCUT2D eigenvalue weighted by molar-refractivity contribution is 0.189. The third-order valence-electron chi connectivity index (χ3n) is 5.96. The van der Waals surface area contributed by atoms with Gasteiger partial charge < -0.3 is 20.6 Å². The van der Waals surface area contributed by atoms with E-state index in [2.05, 4.69) is 30.4 Å². The second kappa shape index (κ2) is 11.5. The minimum atomic E-state index is -3.49. The van der Waals surface area contributed by atoms with E-state index in [0.29, 0.717) is 31.1 Å². The van der Waals surface area contributed by atoms with Gasteiger partial charge in [-0.1, -0.05) is 17.7 Å². The van der Waals surface area contributed by atoms with Gasteiger partial charge in [-0.2, -0.15) is 4.98 Å². The summed E-state index contributed by atoms with van der Waals surface area (Å²) in [4.78, 5) is 13.0. The Bertz CT molecular complexity index is 1370. The molecule has 1 aromatic heterocycles. The first-order valence-corrected chi connectivity index (χ1v) is 13.8. The summed E-state index contributed by atoms with van der Waals surface area (Å²) in [7, 11) is -3.49. The van der Waals surface area contributed by atoms with E-state index in [1.807, 2.05) is 6.07 Å². The maximum absolute atomic E-state index is 14.2. The Morgan fingerprint density at radius 3 is 2.57 bits per heavy atom. The number of benzene rings is 2. The molecule has 0 saturated carbocycles. The molecule has 0 spiro atoms.